The molecule has 5 heterocycles. The summed E-state index contributed by atoms with van der Waals surface area (Å²) in [7, 11) is 0. The predicted molar refractivity (Wildman–Crippen MR) is 213 cm³/mol. The van der Waals surface area contributed by atoms with Crippen LogP contribution in [0, 0.1) is 0 Å². The third-order valence-corrected chi connectivity index (χ3v) is 11.4. The van der Waals surface area contributed by atoms with Crippen molar-refractivity contribution >= 4 is 0 Å². The van der Waals surface area contributed by atoms with Gasteiger partial charge in [-0.3, -0.25) is 0 Å². The van der Waals surface area contributed by atoms with Gasteiger partial charge in [0.2, 0.25) is 11.6 Å². The molecule has 0 saturated carbocycles. The summed E-state index contributed by atoms with van der Waals surface area (Å²) in [6, 6.07) is 48.5. The summed E-state index contributed by atoms with van der Waals surface area (Å²) in [5, 5.41) is 0. The lowest BCUT2D eigenvalue weighted by molar-refractivity contribution is -0.461. The number of ether oxygens (including phenoxy) is 10. The van der Waals surface area contributed by atoms with E-state index in [1.165, 1.54) is 0 Å². The first kappa shape index (κ1) is 39.2. The van der Waals surface area contributed by atoms with Crippen molar-refractivity contribution < 1.29 is 47.4 Å². The van der Waals surface area contributed by atoms with E-state index in [4.69, 9.17) is 47.4 Å². The van der Waals surface area contributed by atoms with Crippen molar-refractivity contribution in [1.29, 1.82) is 0 Å². The van der Waals surface area contributed by atoms with E-state index in [-0.39, 0.29) is 39.6 Å². The molecule has 5 aromatic rings. The van der Waals surface area contributed by atoms with Crippen molar-refractivity contribution in [1.82, 2.24) is 0 Å². The molecule has 302 valence electrons. The quantitative estimate of drug-likeness (QED) is 0.128. The molecule has 0 radical (unpaired) electrons. The zero-order valence-corrected chi connectivity index (χ0v) is 32.5. The molecule has 58 heavy (non-hydrogen) atoms. The Morgan fingerprint density at radius 2 is 0.724 bits per heavy atom. The Kier molecular flexibility index (Phi) is 12.4. The summed E-state index contributed by atoms with van der Waals surface area (Å²) in [6.07, 6.45) is -3.59. The van der Waals surface area contributed by atoms with E-state index in [2.05, 4.69) is 12.1 Å². The molecule has 3 fully saturated rings. The van der Waals surface area contributed by atoms with E-state index in [9.17, 15) is 0 Å². The first-order chi connectivity index (χ1) is 28.7. The fourth-order valence-corrected chi connectivity index (χ4v) is 8.12. The van der Waals surface area contributed by atoms with Crippen molar-refractivity contribution in [3.05, 3.63) is 179 Å². The van der Waals surface area contributed by atoms with E-state index in [1.54, 1.807) is 0 Å². The maximum absolute atomic E-state index is 6.91. The van der Waals surface area contributed by atoms with Crippen molar-refractivity contribution in [3.8, 4) is 0 Å². The van der Waals surface area contributed by atoms with E-state index in [0.29, 0.717) is 26.4 Å². The smallest absolute Gasteiger partial charge is 0.222 e. The lowest BCUT2D eigenvalue weighted by atomic mass is 9.92. The molecular weight excluding hydrogens is 737 g/mol. The molecule has 10 heteroatoms. The first-order valence-electron chi connectivity index (χ1n) is 20.1. The van der Waals surface area contributed by atoms with Crippen molar-refractivity contribution in [3.63, 3.8) is 0 Å². The molecular formula is C48H50O10. The minimum absolute atomic E-state index is 0.0171. The van der Waals surface area contributed by atoms with Crippen LogP contribution in [0.4, 0.5) is 0 Å². The molecule has 0 aliphatic carbocycles. The molecule has 10 nitrogen and oxygen atoms in total. The molecule has 2 bridgehead atoms. The molecule has 2 spiro atoms. The topological polar surface area (TPSA) is 92.3 Å². The highest BCUT2D eigenvalue weighted by Gasteiger charge is 2.63. The van der Waals surface area contributed by atoms with Crippen molar-refractivity contribution in [2.45, 2.75) is 87.8 Å². The summed E-state index contributed by atoms with van der Waals surface area (Å²) < 4.78 is 67.9. The van der Waals surface area contributed by atoms with Gasteiger partial charge in [0.05, 0.1) is 52.9 Å². The maximum Gasteiger partial charge on any atom is 0.222 e. The van der Waals surface area contributed by atoms with Crippen molar-refractivity contribution in [2.24, 2.45) is 0 Å². The van der Waals surface area contributed by atoms with Crippen LogP contribution in [0.3, 0.4) is 0 Å². The molecule has 5 aliphatic heterocycles. The second-order valence-corrected chi connectivity index (χ2v) is 15.2. The molecule has 5 aliphatic rings. The van der Waals surface area contributed by atoms with E-state index in [1.807, 2.05) is 133 Å². The standard InChI is InChI=1S/C48H50O10/c1-5-15-35(16-6-1)25-49-41-31-55-47-33-58-48(34-57-47)46(44(52-28-38-21-11-4-12-22-38)42(32-56-48)50-26-36-17-7-2-8-18-36)54-30-40-24-14-13-23-39(40)29-53-45(47)43(41)51-27-37-19-9-3-10-20-37/h1-24,41-46H,25-34H2/t41-,42-,43-,44-,45+,46+,47+,48+/m1/s1. The van der Waals surface area contributed by atoms with Gasteiger partial charge in [0.15, 0.2) is 0 Å². The van der Waals surface area contributed by atoms with Crippen LogP contribution in [-0.2, 0) is 87.0 Å². The van der Waals surface area contributed by atoms with Crippen LogP contribution in [0.5, 0.6) is 0 Å². The molecule has 0 aromatic heterocycles. The molecule has 8 atom stereocenters. The number of hydrogen-bond acceptors (Lipinski definition) is 10. The van der Waals surface area contributed by atoms with Gasteiger partial charge in [-0.25, -0.2) is 0 Å². The highest BCUT2D eigenvalue weighted by Crippen LogP contribution is 2.44. The Hall–Kier alpha value is -4.30. The van der Waals surface area contributed by atoms with Crippen LogP contribution in [0.25, 0.3) is 0 Å². The summed E-state index contributed by atoms with van der Waals surface area (Å²) in [5.74, 6) is -2.69. The molecule has 0 unspecified atom stereocenters. The number of benzene rings is 5. The maximum atomic E-state index is 6.91. The summed E-state index contributed by atoms with van der Waals surface area (Å²) >= 11 is 0. The average Bonchev–Trinajstić information content (AvgIpc) is 3.28. The molecule has 0 N–H and O–H groups in total. The van der Waals surface area contributed by atoms with Gasteiger partial charge >= 0.3 is 0 Å². The second kappa shape index (κ2) is 18.3. The zero-order valence-electron chi connectivity index (χ0n) is 32.5. The fourth-order valence-electron chi connectivity index (χ4n) is 8.12. The van der Waals surface area contributed by atoms with Gasteiger partial charge in [0.1, 0.15) is 49.8 Å². The van der Waals surface area contributed by atoms with E-state index < -0.39 is 48.2 Å². The normalized spacial score (nSPS) is 29.6. The lowest BCUT2D eigenvalue weighted by Crippen LogP contribution is -2.74. The third-order valence-electron chi connectivity index (χ3n) is 11.4. The third kappa shape index (κ3) is 8.83. The Bertz CT molecular complexity index is 1860. The number of hydrogen-bond donors (Lipinski definition) is 0. The van der Waals surface area contributed by atoms with Crippen LogP contribution in [0.2, 0.25) is 0 Å². The van der Waals surface area contributed by atoms with Gasteiger partial charge in [-0.15, -0.1) is 0 Å². The van der Waals surface area contributed by atoms with Gasteiger partial charge in [-0.05, 0) is 33.4 Å². The van der Waals surface area contributed by atoms with Crippen LogP contribution in [-0.4, -0.2) is 74.6 Å². The minimum atomic E-state index is -1.34. The minimum Gasteiger partial charge on any atom is -0.368 e. The summed E-state index contributed by atoms with van der Waals surface area (Å²) in [6.45, 7) is 2.30. The Morgan fingerprint density at radius 1 is 0.397 bits per heavy atom. The number of fused-ring (bicyclic) bond motifs is 4. The van der Waals surface area contributed by atoms with Gasteiger partial charge in [0.25, 0.3) is 0 Å². The van der Waals surface area contributed by atoms with Gasteiger partial charge in [0, 0.05) is 0 Å². The van der Waals surface area contributed by atoms with Crippen LogP contribution < -0.4 is 0 Å². The molecule has 10 rings (SSSR count). The largest absolute Gasteiger partial charge is 0.368 e. The Labute approximate surface area is 339 Å². The average molecular weight is 787 g/mol. The molecule has 5 aromatic carbocycles. The van der Waals surface area contributed by atoms with Crippen molar-refractivity contribution in [2.75, 3.05) is 26.4 Å². The van der Waals surface area contributed by atoms with Crippen LogP contribution in [0.1, 0.15) is 33.4 Å². The highest BCUT2D eigenvalue weighted by molar-refractivity contribution is 5.26. The Morgan fingerprint density at radius 3 is 1.07 bits per heavy atom. The molecule has 0 amide bonds. The van der Waals surface area contributed by atoms with Gasteiger partial charge < -0.3 is 47.4 Å². The lowest BCUT2D eigenvalue weighted by Gasteiger charge is -2.56. The second-order valence-electron chi connectivity index (χ2n) is 15.2. The monoisotopic (exact) mass is 786 g/mol. The van der Waals surface area contributed by atoms with Crippen LogP contribution in [0.15, 0.2) is 146 Å². The predicted octanol–water partition coefficient (Wildman–Crippen LogP) is 7.31. The Balaban J connectivity index is 1.04. The summed E-state index contributed by atoms with van der Waals surface area (Å²) in [4.78, 5) is 0. The summed E-state index contributed by atoms with van der Waals surface area (Å²) in [5.41, 5.74) is 6.09. The highest BCUT2D eigenvalue weighted by atomic mass is 16.8. The molecule has 3 saturated heterocycles. The van der Waals surface area contributed by atoms with E-state index in [0.717, 1.165) is 33.4 Å². The van der Waals surface area contributed by atoms with Gasteiger partial charge in [-0.2, -0.15) is 0 Å². The zero-order chi connectivity index (χ0) is 39.0. The van der Waals surface area contributed by atoms with Crippen LogP contribution >= 0.6 is 0 Å². The van der Waals surface area contributed by atoms with Gasteiger partial charge in [-0.1, -0.05) is 146 Å². The van der Waals surface area contributed by atoms with E-state index >= 15 is 0 Å². The SMILES string of the molecule is c1ccc(CO[C@@H]2[C@H](OCc3ccccc3)CO[C@@]34CO[C@]5(CO3)OC[C@@H](OCc3ccccc3)[C@@H](OCc3ccccc3)[C@@H]5OCc3ccccc3CO[C@@H]24)cc1. The first-order valence-corrected chi connectivity index (χ1v) is 20.1. The number of rotatable bonds is 12. The fraction of sp³-hybridized carbons (Fsp3) is 0.375.